The largest absolute Gasteiger partial charge is 0.372 e. The van der Waals surface area contributed by atoms with Crippen molar-refractivity contribution in [1.82, 2.24) is 0 Å². The highest BCUT2D eigenvalue weighted by Gasteiger charge is 2.20. The first-order valence-corrected chi connectivity index (χ1v) is 7.18. The third kappa shape index (κ3) is 3.92. The molecule has 0 aliphatic rings. The van der Waals surface area contributed by atoms with Crippen molar-refractivity contribution < 1.29 is 4.74 Å². The number of hydrogen-bond acceptors (Lipinski definition) is 2. The molecule has 0 bridgehead atoms. The number of rotatable bonds is 6. The summed E-state index contributed by atoms with van der Waals surface area (Å²) < 4.78 is 5.86. The topological polar surface area (TPSA) is 35.2 Å². The van der Waals surface area contributed by atoms with Crippen LogP contribution in [0, 0.1) is 6.92 Å². The molecule has 0 fully saturated rings. The van der Waals surface area contributed by atoms with Crippen molar-refractivity contribution in [1.29, 1.82) is 0 Å². The van der Waals surface area contributed by atoms with Crippen LogP contribution in [0.4, 0.5) is 0 Å². The molecule has 0 saturated carbocycles. The minimum absolute atomic E-state index is 0.0416. The van der Waals surface area contributed by atoms with Crippen LogP contribution in [-0.4, -0.2) is 12.6 Å². The summed E-state index contributed by atoms with van der Waals surface area (Å²) in [5, 5.41) is 0. The summed E-state index contributed by atoms with van der Waals surface area (Å²) >= 11 is 0. The Labute approximate surface area is 121 Å². The van der Waals surface area contributed by atoms with Crippen molar-refractivity contribution in [2.45, 2.75) is 32.4 Å². The molecule has 0 aromatic heterocycles. The van der Waals surface area contributed by atoms with E-state index in [9.17, 15) is 0 Å². The predicted octanol–water partition coefficient (Wildman–Crippen LogP) is 3.64. The Bertz CT molecular complexity index is 507. The first kappa shape index (κ1) is 14.8. The molecule has 2 unspecified atom stereocenters. The third-order valence-electron chi connectivity index (χ3n) is 3.46. The van der Waals surface area contributed by atoms with E-state index in [-0.39, 0.29) is 12.1 Å². The van der Waals surface area contributed by atoms with Gasteiger partial charge in [-0.15, -0.1) is 0 Å². The summed E-state index contributed by atoms with van der Waals surface area (Å²) in [5.74, 6) is 0. The fraction of sp³-hybridized carbons (Fsp3) is 0.333. The summed E-state index contributed by atoms with van der Waals surface area (Å²) in [6.07, 6.45) is 0.766. The lowest BCUT2D eigenvalue weighted by molar-refractivity contribution is 0.0433. The van der Waals surface area contributed by atoms with Crippen LogP contribution in [0.15, 0.2) is 54.6 Å². The Morgan fingerprint density at radius 1 is 1.00 bits per heavy atom. The van der Waals surface area contributed by atoms with Crippen LogP contribution < -0.4 is 5.73 Å². The predicted molar refractivity (Wildman–Crippen MR) is 83.7 cm³/mol. The molecule has 2 rings (SSSR count). The van der Waals surface area contributed by atoms with E-state index in [2.05, 4.69) is 43.3 Å². The molecule has 106 valence electrons. The molecule has 0 aliphatic carbocycles. The highest BCUT2D eigenvalue weighted by atomic mass is 16.5. The maximum absolute atomic E-state index is 6.38. The Morgan fingerprint density at radius 2 is 1.65 bits per heavy atom. The average Bonchev–Trinajstić information content (AvgIpc) is 2.48. The molecule has 0 saturated heterocycles. The standard InChI is InChI=1S/C18H23NO/c1-3-20-18(16-7-5-4-6-8-16)17(19)13-15-11-9-14(2)10-12-15/h4-12,17-18H,3,13,19H2,1-2H3. The SMILES string of the molecule is CCOC(c1ccccc1)C(N)Cc1ccc(C)cc1. The van der Waals surface area contributed by atoms with Crippen molar-refractivity contribution in [3.05, 3.63) is 71.3 Å². The molecule has 2 N–H and O–H groups in total. The van der Waals surface area contributed by atoms with Gasteiger partial charge in [-0.25, -0.2) is 0 Å². The maximum Gasteiger partial charge on any atom is 0.0978 e. The number of benzene rings is 2. The van der Waals surface area contributed by atoms with E-state index >= 15 is 0 Å². The zero-order chi connectivity index (χ0) is 14.4. The fourth-order valence-corrected chi connectivity index (χ4v) is 2.39. The van der Waals surface area contributed by atoms with Crippen LogP contribution in [0.3, 0.4) is 0 Å². The van der Waals surface area contributed by atoms with Gasteiger partial charge in [0.2, 0.25) is 0 Å². The smallest absolute Gasteiger partial charge is 0.0978 e. The summed E-state index contributed by atoms with van der Waals surface area (Å²) in [7, 11) is 0. The van der Waals surface area contributed by atoms with E-state index in [0.717, 1.165) is 12.0 Å². The van der Waals surface area contributed by atoms with Crippen molar-refractivity contribution in [3.63, 3.8) is 0 Å². The lowest BCUT2D eigenvalue weighted by atomic mass is 9.96. The first-order chi connectivity index (χ1) is 9.70. The van der Waals surface area contributed by atoms with Gasteiger partial charge in [-0.2, -0.15) is 0 Å². The molecule has 0 radical (unpaired) electrons. The maximum atomic E-state index is 6.38. The van der Waals surface area contributed by atoms with Gasteiger partial charge in [-0.1, -0.05) is 60.2 Å². The Balaban J connectivity index is 2.11. The van der Waals surface area contributed by atoms with Gasteiger partial charge in [-0.3, -0.25) is 0 Å². The Kier molecular flexibility index (Phi) is 5.33. The molecule has 2 nitrogen and oxygen atoms in total. The molecule has 0 amide bonds. The van der Waals surface area contributed by atoms with Crippen LogP contribution >= 0.6 is 0 Å². The van der Waals surface area contributed by atoms with Gasteiger partial charge in [0.25, 0.3) is 0 Å². The van der Waals surface area contributed by atoms with Crippen molar-refractivity contribution in [3.8, 4) is 0 Å². The summed E-state index contributed by atoms with van der Waals surface area (Å²) in [4.78, 5) is 0. The monoisotopic (exact) mass is 269 g/mol. The van der Waals surface area contributed by atoms with Crippen LogP contribution in [0.2, 0.25) is 0 Å². The van der Waals surface area contributed by atoms with Gasteiger partial charge in [0.15, 0.2) is 0 Å². The van der Waals surface area contributed by atoms with Gasteiger partial charge in [0.05, 0.1) is 6.10 Å². The third-order valence-corrected chi connectivity index (χ3v) is 3.46. The van der Waals surface area contributed by atoms with Crippen LogP contribution in [0.25, 0.3) is 0 Å². The van der Waals surface area contributed by atoms with Gasteiger partial charge < -0.3 is 10.5 Å². The number of hydrogen-bond donors (Lipinski definition) is 1. The van der Waals surface area contributed by atoms with Crippen LogP contribution in [0.5, 0.6) is 0 Å². The molecule has 0 aliphatic heterocycles. The second-order valence-corrected chi connectivity index (χ2v) is 5.14. The normalized spacial score (nSPS) is 13.9. The van der Waals surface area contributed by atoms with Gasteiger partial charge in [-0.05, 0) is 31.4 Å². The molecule has 2 aromatic rings. The van der Waals surface area contributed by atoms with Crippen molar-refractivity contribution in [2.75, 3.05) is 6.61 Å². The lowest BCUT2D eigenvalue weighted by Crippen LogP contribution is -2.32. The zero-order valence-corrected chi connectivity index (χ0v) is 12.3. The van der Waals surface area contributed by atoms with Crippen LogP contribution in [-0.2, 0) is 11.2 Å². The Morgan fingerprint density at radius 3 is 2.25 bits per heavy atom. The van der Waals surface area contributed by atoms with E-state index in [0.29, 0.717) is 6.61 Å². The van der Waals surface area contributed by atoms with E-state index < -0.39 is 0 Å². The van der Waals surface area contributed by atoms with Crippen molar-refractivity contribution >= 4 is 0 Å². The minimum Gasteiger partial charge on any atom is -0.372 e. The molecular weight excluding hydrogens is 246 g/mol. The van der Waals surface area contributed by atoms with Crippen LogP contribution in [0.1, 0.15) is 29.7 Å². The first-order valence-electron chi connectivity index (χ1n) is 7.18. The molecule has 2 atom stereocenters. The number of ether oxygens (including phenoxy) is 1. The highest BCUT2D eigenvalue weighted by molar-refractivity contribution is 5.24. The Hall–Kier alpha value is -1.64. The van der Waals surface area contributed by atoms with E-state index in [1.54, 1.807) is 0 Å². The quantitative estimate of drug-likeness (QED) is 0.869. The van der Waals surface area contributed by atoms with E-state index in [1.807, 2.05) is 25.1 Å². The molecule has 2 heteroatoms. The van der Waals surface area contributed by atoms with Gasteiger partial charge in [0, 0.05) is 12.6 Å². The highest BCUT2D eigenvalue weighted by Crippen LogP contribution is 2.22. The fourth-order valence-electron chi connectivity index (χ4n) is 2.39. The molecule has 0 heterocycles. The minimum atomic E-state index is -0.0532. The second-order valence-electron chi connectivity index (χ2n) is 5.14. The zero-order valence-electron chi connectivity index (χ0n) is 12.3. The van der Waals surface area contributed by atoms with Gasteiger partial charge >= 0.3 is 0 Å². The molecule has 2 aromatic carbocycles. The second kappa shape index (κ2) is 7.22. The summed E-state index contributed by atoms with van der Waals surface area (Å²) in [6, 6.07) is 18.7. The lowest BCUT2D eigenvalue weighted by Gasteiger charge is -2.24. The van der Waals surface area contributed by atoms with Crippen molar-refractivity contribution in [2.24, 2.45) is 5.73 Å². The molecule has 20 heavy (non-hydrogen) atoms. The number of nitrogens with two attached hydrogens (primary N) is 1. The van der Waals surface area contributed by atoms with E-state index in [1.165, 1.54) is 11.1 Å². The van der Waals surface area contributed by atoms with E-state index in [4.69, 9.17) is 10.5 Å². The number of aryl methyl sites for hydroxylation is 1. The van der Waals surface area contributed by atoms with Gasteiger partial charge in [0.1, 0.15) is 0 Å². The molecule has 0 spiro atoms. The summed E-state index contributed by atoms with van der Waals surface area (Å²) in [6.45, 7) is 4.77. The molecular formula is C18H23NO. The summed E-state index contributed by atoms with van der Waals surface area (Å²) in [5.41, 5.74) is 10.1. The average molecular weight is 269 g/mol.